The third kappa shape index (κ3) is 36.1. The minimum absolute atomic E-state index is 0. The van der Waals surface area contributed by atoms with Crippen LogP contribution in [0.4, 0.5) is 17.1 Å². The molecular weight excluding hydrogens is 2290 g/mol. The standard InChI is InChI=1S/C30H36N.C27H24N.C21H20N.C11H12N2.2C10H10N2.3C5H12O2.3Ir/c1-28(2)19-29(3,4)21-30(20-28)15-12-22(13-16-30)25-11-10-23-14-17-31-27(26(23)18-25)24-8-6-5-7-9-24;1-3-7-20(8-4-1)21-11-13-22(14-12-21)25-16-15-23-17-18-28-27(26(23)19-25)24-9-5-2-6-10-24;1-3-7-16(8-4-1)18-11-12-20-19(15-18)13-14-22-21(20)17-9-5-2-6-10-17;1-10-8-13(9-12(10)2)11-6-4-3-5-7-11;2*1-11-7-8-12(9-11)10-5-3-2-4-6-10;3*1-4(6)3-5(2)7;;;/h5-8,10-11,14,17-18,22H,12-13,15-16,19-21H2,1-4H3;2,5-6,9,11-20H,1,3-4,7-8H2;2,5-6,9,11-16H,1,3-4,7-8H2;3-6,8-9H,1-2H3;2*2-5,7-9H,1H3;3*4-7H,3H2,1-2H3;;;/q3*-1;3*-2;;;;3*+3. The molecule has 752 valence electrons. The summed E-state index contributed by atoms with van der Waals surface area (Å²) < 4.78 is 0. The monoisotopic (exact) mass is 2440 g/mol. The van der Waals surface area contributed by atoms with E-state index in [9.17, 15) is 0 Å². The van der Waals surface area contributed by atoms with Gasteiger partial charge < -0.3 is 75.0 Å². The molecule has 18 heteroatoms. The van der Waals surface area contributed by atoms with Crippen LogP contribution in [0.25, 0.3) is 77.2 Å². The first-order chi connectivity index (χ1) is 66.9. The molecule has 6 N–H and O–H groups in total. The largest absolute Gasteiger partial charge is 3.00 e. The maximum Gasteiger partial charge on any atom is 3.00 e. The third-order valence-electron chi connectivity index (χ3n) is 26.5. The molecule has 0 saturated heterocycles. The number of fused-ring (bicyclic) bond motifs is 3. The number of aliphatic hydroxyl groups excluding tert-OH is 6. The number of aromatic nitrogens is 3. The molecule has 6 heterocycles. The Morgan fingerprint density at radius 2 is 0.697 bits per heavy atom. The van der Waals surface area contributed by atoms with E-state index >= 15 is 0 Å². The van der Waals surface area contributed by atoms with E-state index < -0.39 is 0 Å². The summed E-state index contributed by atoms with van der Waals surface area (Å²) in [6.45, 7) is 28.1. The number of allylic oxidation sites excluding steroid dienone is 1. The van der Waals surface area contributed by atoms with Crippen molar-refractivity contribution in [3.8, 4) is 44.9 Å². The van der Waals surface area contributed by atoms with Gasteiger partial charge in [-0.05, 0) is 326 Å². The first kappa shape index (κ1) is 116. The normalized spacial score (nSPS) is 17.3. The smallest absolute Gasteiger partial charge is 0.510 e. The third-order valence-corrected chi connectivity index (χ3v) is 26.5. The van der Waals surface area contributed by atoms with Gasteiger partial charge in [0.1, 0.15) is 0 Å². The molecule has 20 rings (SSSR count). The predicted molar refractivity (Wildman–Crippen MR) is 576 cm³/mol. The van der Waals surface area contributed by atoms with Crippen molar-refractivity contribution >= 4 is 49.4 Å². The van der Waals surface area contributed by atoms with E-state index in [0.717, 1.165) is 62.7 Å². The number of rotatable bonds is 16. The van der Waals surface area contributed by atoms with Crippen LogP contribution >= 0.6 is 0 Å². The van der Waals surface area contributed by atoms with Crippen LogP contribution in [0.3, 0.4) is 0 Å². The van der Waals surface area contributed by atoms with Crippen molar-refractivity contribution in [3.63, 3.8) is 0 Å². The fourth-order valence-electron chi connectivity index (χ4n) is 20.8. The second-order valence-corrected chi connectivity index (χ2v) is 40.6. The molecule has 0 amide bonds. The number of hydrogen-bond donors (Lipinski definition) is 6. The summed E-state index contributed by atoms with van der Waals surface area (Å²) >= 11 is 0. The van der Waals surface area contributed by atoms with Crippen LogP contribution in [0.2, 0.25) is 0 Å². The van der Waals surface area contributed by atoms with E-state index in [-0.39, 0.29) is 96.9 Å². The fourth-order valence-corrected chi connectivity index (χ4v) is 20.8. The second-order valence-electron chi connectivity index (χ2n) is 40.6. The molecule has 6 atom stereocenters. The van der Waals surface area contributed by atoms with Crippen molar-refractivity contribution in [2.24, 2.45) is 16.2 Å². The molecular formula is C124H148Ir3N9O6. The Morgan fingerprint density at radius 3 is 1.07 bits per heavy atom. The van der Waals surface area contributed by atoms with Crippen LogP contribution in [0, 0.1) is 72.6 Å². The summed E-state index contributed by atoms with van der Waals surface area (Å²) in [5, 5.41) is 58.8. The molecule has 4 aliphatic carbocycles. The van der Waals surface area contributed by atoms with Gasteiger partial charge in [0, 0.05) is 18.6 Å². The van der Waals surface area contributed by atoms with Crippen LogP contribution in [-0.4, -0.2) is 118 Å². The minimum Gasteiger partial charge on any atom is -0.510 e. The average molecular weight is 2440 g/mol. The zero-order valence-electron chi connectivity index (χ0n) is 85.5. The van der Waals surface area contributed by atoms with Gasteiger partial charge in [0.25, 0.3) is 0 Å². The van der Waals surface area contributed by atoms with Crippen molar-refractivity contribution in [2.45, 2.75) is 259 Å². The van der Waals surface area contributed by atoms with Crippen LogP contribution in [0.5, 0.6) is 0 Å². The molecule has 13 aromatic rings. The minimum atomic E-state index is -0.375. The molecule has 4 fully saturated rings. The Balaban J connectivity index is 0.000000187. The van der Waals surface area contributed by atoms with Crippen LogP contribution < -0.4 is 14.7 Å². The van der Waals surface area contributed by atoms with E-state index in [1.807, 2.05) is 225 Å². The molecule has 6 unspecified atom stereocenters. The molecule has 3 aromatic heterocycles. The molecule has 0 bridgehead atoms. The number of hydrogen-bond acceptors (Lipinski definition) is 15. The number of para-hydroxylation sites is 3. The average Bonchev–Trinajstić information content (AvgIpc) is 1.07. The molecule has 0 radical (unpaired) electrons. The topological polar surface area (TPSA) is 179 Å². The molecule has 10 aromatic carbocycles. The van der Waals surface area contributed by atoms with Crippen molar-refractivity contribution in [3.05, 3.63) is 371 Å². The number of anilines is 3. The summed E-state index contributed by atoms with van der Waals surface area (Å²) in [6, 6.07) is 104. The summed E-state index contributed by atoms with van der Waals surface area (Å²) in [4.78, 5) is 26.2. The van der Waals surface area contributed by atoms with Crippen LogP contribution in [0.15, 0.2) is 298 Å². The van der Waals surface area contributed by atoms with E-state index in [1.165, 1.54) is 175 Å². The van der Waals surface area contributed by atoms with Crippen molar-refractivity contribution in [1.29, 1.82) is 0 Å². The van der Waals surface area contributed by atoms with Crippen LogP contribution in [0.1, 0.15) is 239 Å². The van der Waals surface area contributed by atoms with Gasteiger partial charge >= 0.3 is 60.3 Å². The van der Waals surface area contributed by atoms with Crippen LogP contribution in [-0.2, 0) is 60.3 Å². The summed E-state index contributed by atoms with van der Waals surface area (Å²) in [6.07, 6.45) is 38.3. The maximum absolute atomic E-state index is 8.56. The van der Waals surface area contributed by atoms with Gasteiger partial charge in [-0.1, -0.05) is 145 Å². The van der Waals surface area contributed by atoms with Gasteiger partial charge in [-0.25, -0.2) is 0 Å². The predicted octanol–water partition coefficient (Wildman–Crippen LogP) is 28.0. The van der Waals surface area contributed by atoms with Gasteiger partial charge in [0.2, 0.25) is 0 Å². The Bertz CT molecular complexity index is 5780. The molecule has 4 saturated carbocycles. The summed E-state index contributed by atoms with van der Waals surface area (Å²) in [7, 11) is 6.04. The molecule has 15 nitrogen and oxygen atoms in total. The second kappa shape index (κ2) is 57.7. The Hall–Kier alpha value is -9.84. The Labute approximate surface area is 889 Å². The van der Waals surface area contributed by atoms with Gasteiger partial charge in [0.15, 0.2) is 0 Å². The van der Waals surface area contributed by atoms with Gasteiger partial charge in [-0.3, -0.25) is 0 Å². The number of aliphatic hydroxyl groups is 6. The first-order valence-corrected chi connectivity index (χ1v) is 50.2. The molecule has 1 spiro atoms. The zero-order chi connectivity index (χ0) is 98.9. The molecule has 142 heavy (non-hydrogen) atoms. The Morgan fingerprint density at radius 1 is 0.345 bits per heavy atom. The Kier molecular flexibility index (Phi) is 47.1. The summed E-state index contributed by atoms with van der Waals surface area (Å²) in [5.74, 6) is 2.18. The zero-order valence-corrected chi connectivity index (χ0v) is 92.7. The number of benzene rings is 10. The number of nitrogens with zero attached hydrogens (tertiary/aromatic N) is 9. The number of pyridine rings is 3. The summed E-state index contributed by atoms with van der Waals surface area (Å²) in [5.41, 5.74) is 19.3. The van der Waals surface area contributed by atoms with E-state index in [1.54, 1.807) is 41.5 Å². The van der Waals surface area contributed by atoms with Gasteiger partial charge in [-0.15, -0.1) is 125 Å². The van der Waals surface area contributed by atoms with E-state index in [2.05, 4.69) is 218 Å². The van der Waals surface area contributed by atoms with Crippen molar-refractivity contribution < 1.29 is 91.0 Å². The first-order valence-electron chi connectivity index (χ1n) is 50.2. The molecule has 3 aliphatic heterocycles. The quantitative estimate of drug-likeness (QED) is 0.0503. The van der Waals surface area contributed by atoms with Gasteiger partial charge in [0.05, 0.1) is 36.6 Å². The SMILES string of the molecule is CC(O)CC(C)O.CC(O)CC(C)O.CC(O)CC(C)O.CC1(C)CC(C)(C)CC2(CCC(c3ccc4ccnc(-c5[c-]cccc5)c4c3)CC2)C1.CC1=CN(c2[c-]cccc2)[CH-]N1C.CN1C=CN(c2[c-]cccc2)[CH-]1.CN1C=CN(c2[c-]cccc2)[CH-]1.[Ir+3].[Ir+3].[Ir+3].[c-]1ccccc1-c1nccc2cc(C3CCCCC3)ccc12.[c-]1ccccc1-c1nccc2ccc(-c3ccc(C4CCCCC4)cc3)cc12. The van der Waals surface area contributed by atoms with Crippen molar-refractivity contribution in [1.82, 2.24) is 29.7 Å². The molecule has 7 aliphatic rings. The van der Waals surface area contributed by atoms with E-state index in [4.69, 9.17) is 35.6 Å². The fraction of sp³-hybridized carbons (Fsp3) is 0.371. The van der Waals surface area contributed by atoms with Gasteiger partial charge in [-0.2, -0.15) is 111 Å². The maximum atomic E-state index is 8.56. The van der Waals surface area contributed by atoms with Crippen molar-refractivity contribution in [2.75, 3.05) is 35.8 Å². The van der Waals surface area contributed by atoms with E-state index in [0.29, 0.717) is 41.4 Å².